The largest absolute Gasteiger partial charge is 0.397 e. The van der Waals surface area contributed by atoms with E-state index in [0.717, 1.165) is 23.1 Å². The summed E-state index contributed by atoms with van der Waals surface area (Å²) in [5, 5.41) is 4.45. The van der Waals surface area contributed by atoms with Crippen molar-refractivity contribution < 1.29 is 4.79 Å². The lowest BCUT2D eigenvalue weighted by atomic mass is 10.2. The van der Waals surface area contributed by atoms with Crippen molar-refractivity contribution in [2.75, 3.05) is 25.4 Å². The Bertz CT molecular complexity index is 637. The van der Waals surface area contributed by atoms with E-state index >= 15 is 0 Å². The Balaban J connectivity index is 1.85. The van der Waals surface area contributed by atoms with Crippen LogP contribution in [0.25, 0.3) is 10.9 Å². The minimum Gasteiger partial charge on any atom is -0.397 e. The molecule has 0 spiro atoms. The highest BCUT2D eigenvalue weighted by Crippen LogP contribution is 2.26. The number of hydrogen-bond acceptors (Lipinski definition) is 3. The minimum absolute atomic E-state index is 0.0740. The van der Waals surface area contributed by atoms with Crippen LogP contribution in [0, 0.1) is 0 Å². The normalized spacial score (nSPS) is 16.8. The lowest BCUT2D eigenvalue weighted by molar-refractivity contribution is -0.124. The summed E-state index contributed by atoms with van der Waals surface area (Å²) in [4.78, 5) is 16.7. The van der Waals surface area contributed by atoms with E-state index in [4.69, 9.17) is 17.3 Å². The highest BCUT2D eigenvalue weighted by atomic mass is 35.5. The van der Waals surface area contributed by atoms with Crippen LogP contribution >= 0.6 is 11.6 Å². The van der Waals surface area contributed by atoms with Gasteiger partial charge in [-0.25, -0.2) is 0 Å². The maximum absolute atomic E-state index is 11.3. The van der Waals surface area contributed by atoms with Gasteiger partial charge >= 0.3 is 0 Å². The molecule has 0 unspecified atom stereocenters. The Labute approximate surface area is 115 Å². The lowest BCUT2D eigenvalue weighted by Crippen LogP contribution is -2.47. The second-order valence-electron chi connectivity index (χ2n) is 4.81. The molecule has 4 N–H and O–H groups in total. The number of nitrogens with one attached hydrogen (secondary N) is 2. The predicted octanol–water partition coefficient (Wildman–Crippen LogP) is 1.34. The molecule has 1 fully saturated rings. The smallest absolute Gasteiger partial charge is 0.234 e. The van der Waals surface area contributed by atoms with Gasteiger partial charge in [0.25, 0.3) is 0 Å². The van der Waals surface area contributed by atoms with Crippen LogP contribution in [0.5, 0.6) is 0 Å². The van der Waals surface area contributed by atoms with E-state index in [1.165, 1.54) is 0 Å². The van der Waals surface area contributed by atoms with E-state index in [0.29, 0.717) is 30.3 Å². The predicted molar refractivity (Wildman–Crippen MR) is 76.0 cm³/mol. The second-order valence-corrected chi connectivity index (χ2v) is 5.25. The van der Waals surface area contributed by atoms with Crippen LogP contribution in [0.1, 0.15) is 5.69 Å². The molecule has 1 aromatic heterocycles. The molecule has 0 radical (unpaired) electrons. The molecule has 5 nitrogen and oxygen atoms in total. The molecule has 0 aliphatic carbocycles. The van der Waals surface area contributed by atoms with E-state index in [2.05, 4.69) is 15.2 Å². The van der Waals surface area contributed by atoms with E-state index in [9.17, 15) is 4.79 Å². The van der Waals surface area contributed by atoms with Crippen LogP contribution in [0.15, 0.2) is 18.2 Å². The summed E-state index contributed by atoms with van der Waals surface area (Å²) in [5.41, 5.74) is 8.52. The highest BCUT2D eigenvalue weighted by Gasteiger charge is 2.17. The number of carbonyl (C=O) groups excluding carboxylic acids is 1. The number of benzene rings is 1. The highest BCUT2D eigenvalue weighted by molar-refractivity contribution is 6.31. The number of H-pyrrole nitrogens is 1. The molecule has 1 amide bonds. The lowest BCUT2D eigenvalue weighted by Gasteiger charge is -2.25. The van der Waals surface area contributed by atoms with Gasteiger partial charge in [-0.3, -0.25) is 9.69 Å². The van der Waals surface area contributed by atoms with Crippen molar-refractivity contribution in [1.29, 1.82) is 0 Å². The fraction of sp³-hybridized carbons (Fsp3) is 0.308. The first-order chi connectivity index (χ1) is 9.11. The number of anilines is 1. The summed E-state index contributed by atoms with van der Waals surface area (Å²) in [5.74, 6) is 0.0740. The maximum Gasteiger partial charge on any atom is 0.234 e. The summed E-state index contributed by atoms with van der Waals surface area (Å²) < 4.78 is 0. The molecule has 2 heterocycles. The van der Waals surface area contributed by atoms with Crippen LogP contribution in [0.2, 0.25) is 5.02 Å². The number of nitrogen functional groups attached to an aromatic ring is 1. The van der Waals surface area contributed by atoms with Gasteiger partial charge in [-0.2, -0.15) is 0 Å². The first-order valence-corrected chi connectivity index (χ1v) is 6.55. The molecule has 1 aromatic carbocycles. The van der Waals surface area contributed by atoms with Crippen molar-refractivity contribution in [3.8, 4) is 0 Å². The summed E-state index contributed by atoms with van der Waals surface area (Å²) in [6.07, 6.45) is 0. The molecule has 100 valence electrons. The fourth-order valence-corrected chi connectivity index (χ4v) is 2.68. The Hall–Kier alpha value is -1.72. The SMILES string of the molecule is Nc1cc(Cl)cc2cc(CN3CCNC(=O)C3)[nH]c12. The molecular weight excluding hydrogens is 264 g/mol. The summed E-state index contributed by atoms with van der Waals surface area (Å²) in [7, 11) is 0. The number of rotatable bonds is 2. The summed E-state index contributed by atoms with van der Waals surface area (Å²) in [6, 6.07) is 5.65. The number of nitrogens with zero attached hydrogens (tertiary/aromatic N) is 1. The van der Waals surface area contributed by atoms with Gasteiger partial charge in [-0.15, -0.1) is 0 Å². The van der Waals surface area contributed by atoms with E-state index < -0.39 is 0 Å². The van der Waals surface area contributed by atoms with Crippen LogP contribution in [0.4, 0.5) is 5.69 Å². The zero-order valence-electron chi connectivity index (χ0n) is 10.4. The Morgan fingerprint density at radius 2 is 2.21 bits per heavy atom. The minimum atomic E-state index is 0.0740. The third-order valence-electron chi connectivity index (χ3n) is 3.29. The molecule has 2 aromatic rings. The fourth-order valence-electron chi connectivity index (χ4n) is 2.44. The number of aromatic amines is 1. The quantitative estimate of drug-likeness (QED) is 0.726. The number of fused-ring (bicyclic) bond motifs is 1. The van der Waals surface area contributed by atoms with Crippen molar-refractivity contribution in [2.45, 2.75) is 6.54 Å². The maximum atomic E-state index is 11.3. The first kappa shape index (κ1) is 12.3. The van der Waals surface area contributed by atoms with Crippen LogP contribution in [-0.2, 0) is 11.3 Å². The average molecular weight is 279 g/mol. The Kier molecular flexibility index (Phi) is 3.08. The van der Waals surface area contributed by atoms with Crippen LogP contribution in [0.3, 0.4) is 0 Å². The summed E-state index contributed by atoms with van der Waals surface area (Å²) in [6.45, 7) is 2.70. The molecule has 1 aliphatic heterocycles. The molecule has 19 heavy (non-hydrogen) atoms. The zero-order valence-corrected chi connectivity index (χ0v) is 11.1. The molecular formula is C13H15ClN4O. The van der Waals surface area contributed by atoms with Gasteiger partial charge in [0.15, 0.2) is 0 Å². The molecule has 0 bridgehead atoms. The number of halogens is 1. The molecule has 3 rings (SSSR count). The van der Waals surface area contributed by atoms with Crippen LogP contribution in [-0.4, -0.2) is 35.4 Å². The molecule has 0 saturated carbocycles. The van der Waals surface area contributed by atoms with Gasteiger partial charge < -0.3 is 16.0 Å². The topological polar surface area (TPSA) is 74.2 Å². The van der Waals surface area contributed by atoms with E-state index in [-0.39, 0.29) is 5.91 Å². The number of piperazine rings is 1. The van der Waals surface area contributed by atoms with Crippen molar-refractivity contribution in [3.05, 3.63) is 28.9 Å². The van der Waals surface area contributed by atoms with Crippen molar-refractivity contribution >= 4 is 34.1 Å². The van der Waals surface area contributed by atoms with Gasteiger partial charge in [0.05, 0.1) is 17.7 Å². The third kappa shape index (κ3) is 2.52. The van der Waals surface area contributed by atoms with E-state index in [1.807, 2.05) is 12.1 Å². The number of nitrogens with two attached hydrogens (primary N) is 1. The van der Waals surface area contributed by atoms with Gasteiger partial charge in [0, 0.05) is 35.7 Å². The molecule has 1 saturated heterocycles. The van der Waals surface area contributed by atoms with Gasteiger partial charge in [-0.05, 0) is 18.2 Å². The first-order valence-electron chi connectivity index (χ1n) is 6.17. The number of amides is 1. The summed E-state index contributed by atoms with van der Waals surface area (Å²) >= 11 is 5.99. The molecule has 0 atom stereocenters. The zero-order chi connectivity index (χ0) is 13.4. The monoisotopic (exact) mass is 278 g/mol. The average Bonchev–Trinajstić information content (AvgIpc) is 2.71. The van der Waals surface area contributed by atoms with Gasteiger partial charge in [0.2, 0.25) is 5.91 Å². The second kappa shape index (κ2) is 4.75. The van der Waals surface area contributed by atoms with Crippen molar-refractivity contribution in [2.24, 2.45) is 0 Å². The molecule has 1 aliphatic rings. The molecule has 6 heteroatoms. The van der Waals surface area contributed by atoms with E-state index in [1.54, 1.807) is 6.07 Å². The number of hydrogen-bond donors (Lipinski definition) is 3. The number of aromatic nitrogens is 1. The number of carbonyl (C=O) groups is 1. The standard InChI is InChI=1S/C13H15ClN4O/c14-9-3-8-4-10(17-13(8)11(15)5-9)6-18-2-1-16-12(19)7-18/h3-5,17H,1-2,6-7,15H2,(H,16,19). The Morgan fingerprint density at radius 1 is 1.37 bits per heavy atom. The Morgan fingerprint density at radius 3 is 3.00 bits per heavy atom. The van der Waals surface area contributed by atoms with Crippen LogP contribution < -0.4 is 11.1 Å². The third-order valence-corrected chi connectivity index (χ3v) is 3.51. The van der Waals surface area contributed by atoms with Crippen molar-refractivity contribution in [1.82, 2.24) is 15.2 Å². The van der Waals surface area contributed by atoms with Crippen molar-refractivity contribution in [3.63, 3.8) is 0 Å². The van der Waals surface area contributed by atoms with Gasteiger partial charge in [-0.1, -0.05) is 11.6 Å². The van der Waals surface area contributed by atoms with Gasteiger partial charge in [0.1, 0.15) is 0 Å².